The van der Waals surface area contributed by atoms with Crippen LogP contribution in [0.5, 0.6) is 5.75 Å². The lowest BCUT2D eigenvalue weighted by Crippen LogP contribution is -2.34. The number of thiocarbonyl (C=S) groups is 1. The van der Waals surface area contributed by atoms with Gasteiger partial charge < -0.3 is 14.8 Å². The summed E-state index contributed by atoms with van der Waals surface area (Å²) in [5, 5.41) is 6.52. The van der Waals surface area contributed by atoms with Crippen LogP contribution in [0.1, 0.15) is 76.6 Å². The van der Waals surface area contributed by atoms with E-state index < -0.39 is 0 Å². The van der Waals surface area contributed by atoms with E-state index in [1.807, 2.05) is 6.07 Å². The Hall–Kier alpha value is -2.45. The summed E-state index contributed by atoms with van der Waals surface area (Å²) in [6, 6.07) is 7.13. The molecule has 2 N–H and O–H groups in total. The number of anilines is 1. The van der Waals surface area contributed by atoms with Gasteiger partial charge in [-0.3, -0.25) is 10.1 Å². The summed E-state index contributed by atoms with van der Waals surface area (Å²) in [4.78, 5) is 26.4. The van der Waals surface area contributed by atoms with Crippen LogP contribution >= 0.6 is 23.6 Å². The molecule has 6 nitrogen and oxygen atoms in total. The maximum Gasteiger partial charge on any atom is 0.341 e. The van der Waals surface area contributed by atoms with Crippen molar-refractivity contribution in [3.05, 3.63) is 45.8 Å². The van der Waals surface area contributed by atoms with Crippen molar-refractivity contribution in [3.8, 4) is 5.75 Å². The fourth-order valence-electron chi connectivity index (χ4n) is 3.77. The van der Waals surface area contributed by atoms with E-state index in [-0.39, 0.29) is 17.0 Å². The third kappa shape index (κ3) is 6.07. The first-order valence-corrected chi connectivity index (χ1v) is 12.3. The number of nitrogens with one attached hydrogen (secondary N) is 2. The van der Waals surface area contributed by atoms with Crippen LogP contribution in [-0.2, 0) is 17.6 Å². The second-order valence-corrected chi connectivity index (χ2v) is 9.23. The molecule has 1 aromatic heterocycles. The Morgan fingerprint density at radius 2 is 1.91 bits per heavy atom. The summed E-state index contributed by atoms with van der Waals surface area (Å²) in [5.74, 6) is -0.207. The van der Waals surface area contributed by atoms with Crippen LogP contribution in [0.2, 0.25) is 0 Å². The van der Waals surface area contributed by atoms with Gasteiger partial charge in [-0.2, -0.15) is 0 Å². The van der Waals surface area contributed by atoms with Gasteiger partial charge in [0, 0.05) is 4.88 Å². The lowest BCUT2D eigenvalue weighted by molar-refractivity contribution is 0.0601. The number of thiophene rings is 1. The summed E-state index contributed by atoms with van der Waals surface area (Å²) >= 11 is 6.89. The van der Waals surface area contributed by atoms with Crippen molar-refractivity contribution >= 4 is 45.5 Å². The normalized spacial score (nSPS) is 12.6. The molecule has 0 fully saturated rings. The van der Waals surface area contributed by atoms with Crippen LogP contribution in [0, 0.1) is 0 Å². The van der Waals surface area contributed by atoms with Gasteiger partial charge in [0.1, 0.15) is 10.8 Å². The molecular formula is C24H30N2O4S2. The van der Waals surface area contributed by atoms with Crippen LogP contribution in [-0.4, -0.2) is 30.7 Å². The number of para-hydroxylation sites is 1. The molecule has 0 aliphatic heterocycles. The summed E-state index contributed by atoms with van der Waals surface area (Å²) < 4.78 is 10.8. The molecule has 0 bridgehead atoms. The van der Waals surface area contributed by atoms with Crippen molar-refractivity contribution in [1.82, 2.24) is 5.32 Å². The van der Waals surface area contributed by atoms with Crippen LogP contribution in [0.3, 0.4) is 0 Å². The Kier molecular flexibility index (Phi) is 9.05. The Morgan fingerprint density at radius 3 is 2.69 bits per heavy atom. The van der Waals surface area contributed by atoms with Crippen LogP contribution in [0.15, 0.2) is 24.3 Å². The molecule has 1 aromatic carbocycles. The zero-order valence-corrected chi connectivity index (χ0v) is 20.3. The monoisotopic (exact) mass is 474 g/mol. The first-order chi connectivity index (χ1) is 15.5. The van der Waals surface area contributed by atoms with Gasteiger partial charge in [0.2, 0.25) is 0 Å². The number of fused-ring (bicyclic) bond motifs is 1. The van der Waals surface area contributed by atoms with Crippen molar-refractivity contribution in [1.29, 1.82) is 0 Å². The molecule has 172 valence electrons. The number of benzene rings is 1. The van der Waals surface area contributed by atoms with E-state index in [9.17, 15) is 9.59 Å². The zero-order chi connectivity index (χ0) is 22.9. The molecule has 1 aliphatic carbocycles. The van der Waals surface area contributed by atoms with Crippen molar-refractivity contribution in [2.45, 2.75) is 58.3 Å². The Bertz CT molecular complexity index is 971. The highest BCUT2D eigenvalue weighted by molar-refractivity contribution is 7.80. The van der Waals surface area contributed by atoms with Gasteiger partial charge in [-0.25, -0.2) is 4.79 Å². The summed E-state index contributed by atoms with van der Waals surface area (Å²) in [7, 11) is 1.37. The number of carbonyl (C=O) groups excluding carboxylic acids is 2. The highest BCUT2D eigenvalue weighted by Crippen LogP contribution is 2.38. The van der Waals surface area contributed by atoms with Gasteiger partial charge in [0.25, 0.3) is 5.91 Å². The molecule has 2 aromatic rings. The van der Waals surface area contributed by atoms with E-state index in [1.54, 1.807) is 18.2 Å². The standard InChI is InChI=1S/C24H30N2O4S2/c1-3-4-5-10-15-30-18-13-8-6-11-16(18)21(27)25-24(31)26-22-20(23(28)29-2)17-12-7-9-14-19(17)32-22/h6,8,11,13H,3-5,7,9-10,12,14-15H2,1-2H3,(H2,25,26,27,31). The number of aryl methyl sites for hydroxylation is 1. The third-order valence-electron chi connectivity index (χ3n) is 5.40. The van der Waals surface area contributed by atoms with E-state index in [0.717, 1.165) is 50.5 Å². The molecule has 1 heterocycles. The van der Waals surface area contributed by atoms with Crippen molar-refractivity contribution < 1.29 is 19.1 Å². The summed E-state index contributed by atoms with van der Waals surface area (Å²) in [6.45, 7) is 2.73. The zero-order valence-electron chi connectivity index (χ0n) is 18.6. The second kappa shape index (κ2) is 12.0. The molecule has 1 aliphatic rings. The van der Waals surface area contributed by atoms with Gasteiger partial charge in [-0.15, -0.1) is 11.3 Å². The van der Waals surface area contributed by atoms with E-state index in [2.05, 4.69) is 17.6 Å². The number of amides is 1. The van der Waals surface area contributed by atoms with E-state index in [4.69, 9.17) is 21.7 Å². The maximum absolute atomic E-state index is 12.9. The molecule has 0 spiro atoms. The molecule has 0 radical (unpaired) electrons. The molecule has 32 heavy (non-hydrogen) atoms. The number of methoxy groups -OCH3 is 1. The van der Waals surface area contributed by atoms with Crippen LogP contribution in [0.4, 0.5) is 5.00 Å². The maximum atomic E-state index is 12.9. The average Bonchev–Trinajstić information content (AvgIpc) is 3.16. The quantitative estimate of drug-likeness (QED) is 0.284. The topological polar surface area (TPSA) is 76.7 Å². The second-order valence-electron chi connectivity index (χ2n) is 7.72. The highest BCUT2D eigenvalue weighted by atomic mass is 32.1. The van der Waals surface area contributed by atoms with Gasteiger partial charge >= 0.3 is 5.97 Å². The minimum atomic E-state index is -0.386. The van der Waals surface area contributed by atoms with Crippen LogP contribution in [0.25, 0.3) is 0 Å². The predicted octanol–water partition coefficient (Wildman–Crippen LogP) is 5.50. The largest absolute Gasteiger partial charge is 0.493 e. The molecule has 0 atom stereocenters. The summed E-state index contributed by atoms with van der Waals surface area (Å²) in [5.41, 5.74) is 1.98. The van der Waals surface area contributed by atoms with Gasteiger partial charge in [0.15, 0.2) is 5.11 Å². The molecule has 0 saturated carbocycles. The van der Waals surface area contributed by atoms with E-state index in [1.165, 1.54) is 29.7 Å². The van der Waals surface area contributed by atoms with Gasteiger partial charge in [-0.1, -0.05) is 38.3 Å². The number of rotatable bonds is 9. The fourth-order valence-corrected chi connectivity index (χ4v) is 5.31. The number of esters is 1. The van der Waals surface area contributed by atoms with Crippen LogP contribution < -0.4 is 15.4 Å². The first-order valence-electron chi connectivity index (χ1n) is 11.1. The number of hydrogen-bond acceptors (Lipinski definition) is 6. The lowest BCUT2D eigenvalue weighted by atomic mass is 9.95. The van der Waals surface area contributed by atoms with Crippen molar-refractivity contribution in [3.63, 3.8) is 0 Å². The minimum absolute atomic E-state index is 0.136. The average molecular weight is 475 g/mol. The summed E-state index contributed by atoms with van der Waals surface area (Å²) in [6.07, 6.45) is 8.32. The van der Waals surface area contributed by atoms with Crippen molar-refractivity contribution in [2.75, 3.05) is 19.0 Å². The number of unbranched alkanes of at least 4 members (excludes halogenated alkanes) is 3. The minimum Gasteiger partial charge on any atom is -0.493 e. The van der Waals surface area contributed by atoms with E-state index >= 15 is 0 Å². The van der Waals surface area contributed by atoms with Gasteiger partial charge in [0.05, 0.1) is 24.8 Å². The van der Waals surface area contributed by atoms with Crippen molar-refractivity contribution in [2.24, 2.45) is 0 Å². The lowest BCUT2D eigenvalue weighted by Gasteiger charge is -2.13. The molecule has 0 saturated heterocycles. The number of hydrogen-bond donors (Lipinski definition) is 2. The van der Waals surface area contributed by atoms with E-state index in [0.29, 0.717) is 28.5 Å². The molecule has 1 amide bonds. The SMILES string of the molecule is CCCCCCOc1ccccc1C(=O)NC(=S)Nc1sc2c(c1C(=O)OC)CCCC2. The van der Waals surface area contributed by atoms with Gasteiger partial charge in [-0.05, 0) is 62.0 Å². The third-order valence-corrected chi connectivity index (χ3v) is 6.81. The fraction of sp³-hybridized carbons (Fsp3) is 0.458. The Labute approximate surface area is 198 Å². The molecular weight excluding hydrogens is 444 g/mol. The number of carbonyl (C=O) groups is 2. The Morgan fingerprint density at radius 1 is 1.12 bits per heavy atom. The first kappa shape index (κ1) is 24.2. The Balaban J connectivity index is 1.67. The molecule has 3 rings (SSSR count). The molecule has 8 heteroatoms. The highest BCUT2D eigenvalue weighted by Gasteiger charge is 2.26. The number of ether oxygens (including phenoxy) is 2. The molecule has 0 unspecified atom stereocenters. The smallest absolute Gasteiger partial charge is 0.341 e. The predicted molar refractivity (Wildman–Crippen MR) is 132 cm³/mol.